The zero-order valence-electron chi connectivity index (χ0n) is 13.9. The fourth-order valence-corrected chi connectivity index (χ4v) is 3.23. The van der Waals surface area contributed by atoms with E-state index in [1.807, 2.05) is 42.5 Å². The number of fused-ring (bicyclic) bond motifs is 1. The maximum absolute atomic E-state index is 12.6. The smallest absolute Gasteiger partial charge is 0.226 e. The standard InChI is InChI=1S/C20H21N3O2/c24-20(15-10-11-25-13-15)23-18(12-14-6-2-1-3-7-14)19-21-16-8-4-5-9-17(16)22-19/h1-9,15,18H,10-13H2,(H,21,22)(H,23,24)/t15-,18-/m0/s1. The molecule has 1 aromatic heterocycles. The molecular weight excluding hydrogens is 314 g/mol. The van der Waals surface area contributed by atoms with Gasteiger partial charge in [-0.15, -0.1) is 0 Å². The van der Waals surface area contributed by atoms with Gasteiger partial charge in [-0.1, -0.05) is 42.5 Å². The van der Waals surface area contributed by atoms with Gasteiger partial charge in [-0.25, -0.2) is 4.98 Å². The Labute approximate surface area is 146 Å². The molecule has 128 valence electrons. The molecule has 1 amide bonds. The monoisotopic (exact) mass is 335 g/mol. The predicted octanol–water partition coefficient (Wildman–Crippen LogP) is 3.00. The maximum Gasteiger partial charge on any atom is 0.226 e. The summed E-state index contributed by atoms with van der Waals surface area (Å²) in [5, 5.41) is 3.17. The number of nitrogens with one attached hydrogen (secondary N) is 2. The number of carbonyl (C=O) groups excluding carboxylic acids is 1. The van der Waals surface area contributed by atoms with E-state index in [-0.39, 0.29) is 17.9 Å². The molecule has 0 saturated carbocycles. The third-order valence-electron chi connectivity index (χ3n) is 4.64. The Balaban J connectivity index is 1.61. The van der Waals surface area contributed by atoms with Crippen LogP contribution < -0.4 is 5.32 Å². The third kappa shape index (κ3) is 3.56. The van der Waals surface area contributed by atoms with Crippen LogP contribution in [0, 0.1) is 5.92 Å². The van der Waals surface area contributed by atoms with Crippen LogP contribution in [0.1, 0.15) is 23.9 Å². The summed E-state index contributed by atoms with van der Waals surface area (Å²) in [6.07, 6.45) is 1.48. The van der Waals surface area contributed by atoms with Crippen molar-refractivity contribution in [2.24, 2.45) is 5.92 Å². The molecule has 2 aromatic carbocycles. The topological polar surface area (TPSA) is 67.0 Å². The summed E-state index contributed by atoms with van der Waals surface area (Å²) >= 11 is 0. The van der Waals surface area contributed by atoms with Gasteiger partial charge >= 0.3 is 0 Å². The molecule has 1 saturated heterocycles. The third-order valence-corrected chi connectivity index (χ3v) is 4.64. The molecule has 5 nitrogen and oxygen atoms in total. The number of ether oxygens (including phenoxy) is 1. The van der Waals surface area contributed by atoms with E-state index in [1.165, 1.54) is 0 Å². The molecule has 3 aromatic rings. The molecule has 0 aliphatic carbocycles. The predicted molar refractivity (Wildman–Crippen MR) is 96.0 cm³/mol. The van der Waals surface area contributed by atoms with Crippen LogP contribution in [0.25, 0.3) is 11.0 Å². The van der Waals surface area contributed by atoms with Gasteiger partial charge in [0.2, 0.25) is 5.91 Å². The molecule has 1 aliphatic rings. The van der Waals surface area contributed by atoms with E-state index in [1.54, 1.807) is 0 Å². The van der Waals surface area contributed by atoms with Gasteiger partial charge in [-0.05, 0) is 30.5 Å². The van der Waals surface area contributed by atoms with Gasteiger partial charge in [0.05, 0.1) is 29.6 Å². The summed E-state index contributed by atoms with van der Waals surface area (Å²) in [5.74, 6) is 0.763. The van der Waals surface area contributed by atoms with Crippen LogP contribution in [-0.4, -0.2) is 29.1 Å². The first-order chi connectivity index (χ1) is 12.3. The fourth-order valence-electron chi connectivity index (χ4n) is 3.23. The molecule has 1 fully saturated rings. The highest BCUT2D eigenvalue weighted by Crippen LogP contribution is 2.21. The van der Waals surface area contributed by atoms with Crippen LogP contribution in [0.15, 0.2) is 54.6 Å². The van der Waals surface area contributed by atoms with Crippen LogP contribution >= 0.6 is 0 Å². The van der Waals surface area contributed by atoms with Gasteiger partial charge in [-0.3, -0.25) is 4.79 Å². The van der Waals surface area contributed by atoms with Crippen molar-refractivity contribution in [3.05, 3.63) is 66.0 Å². The highest BCUT2D eigenvalue weighted by atomic mass is 16.5. The van der Waals surface area contributed by atoms with Crippen molar-refractivity contribution in [1.29, 1.82) is 0 Å². The number of imidazole rings is 1. The molecule has 0 radical (unpaired) electrons. The van der Waals surface area contributed by atoms with Crippen molar-refractivity contribution in [2.75, 3.05) is 13.2 Å². The second kappa shape index (κ2) is 7.07. The van der Waals surface area contributed by atoms with Crippen molar-refractivity contribution in [2.45, 2.75) is 18.9 Å². The fraction of sp³-hybridized carbons (Fsp3) is 0.300. The average Bonchev–Trinajstić information content (AvgIpc) is 3.31. The van der Waals surface area contributed by atoms with Gasteiger partial charge in [0.1, 0.15) is 5.82 Å². The van der Waals surface area contributed by atoms with Gasteiger partial charge < -0.3 is 15.0 Å². The maximum atomic E-state index is 12.6. The Morgan fingerprint density at radius 3 is 2.76 bits per heavy atom. The lowest BCUT2D eigenvalue weighted by Gasteiger charge is -2.19. The van der Waals surface area contributed by atoms with E-state index in [2.05, 4.69) is 27.4 Å². The van der Waals surface area contributed by atoms with Crippen LogP contribution in [0.4, 0.5) is 0 Å². The summed E-state index contributed by atoms with van der Waals surface area (Å²) in [4.78, 5) is 20.6. The molecule has 1 aliphatic heterocycles. The van der Waals surface area contributed by atoms with Crippen molar-refractivity contribution >= 4 is 16.9 Å². The molecule has 2 N–H and O–H groups in total. The number of nitrogens with zero attached hydrogens (tertiary/aromatic N) is 1. The van der Waals surface area contributed by atoms with Crippen LogP contribution in [0.2, 0.25) is 0 Å². The number of aromatic amines is 1. The van der Waals surface area contributed by atoms with E-state index in [4.69, 9.17) is 4.74 Å². The van der Waals surface area contributed by atoms with E-state index in [0.29, 0.717) is 19.6 Å². The number of carbonyl (C=O) groups is 1. The zero-order valence-corrected chi connectivity index (χ0v) is 13.9. The van der Waals surface area contributed by atoms with Gasteiger partial charge in [0, 0.05) is 6.61 Å². The number of hydrogen-bond donors (Lipinski definition) is 2. The quantitative estimate of drug-likeness (QED) is 0.753. The molecule has 0 unspecified atom stereocenters. The van der Waals surface area contributed by atoms with Gasteiger partial charge in [0.15, 0.2) is 0 Å². The number of amides is 1. The lowest BCUT2D eigenvalue weighted by molar-refractivity contribution is -0.125. The van der Waals surface area contributed by atoms with Crippen molar-refractivity contribution in [3.8, 4) is 0 Å². The SMILES string of the molecule is O=C(N[C@@H](Cc1ccccc1)c1nc2ccccc2[nH]1)[C@H]1CCOC1. The zero-order chi connectivity index (χ0) is 17.1. The number of benzene rings is 2. The second-order valence-corrected chi connectivity index (χ2v) is 6.45. The largest absolute Gasteiger partial charge is 0.381 e. The summed E-state index contributed by atoms with van der Waals surface area (Å²) in [7, 11) is 0. The minimum absolute atomic E-state index is 0.0406. The van der Waals surface area contributed by atoms with E-state index in [0.717, 1.165) is 28.8 Å². The Morgan fingerprint density at radius 1 is 1.20 bits per heavy atom. The first-order valence-electron chi connectivity index (χ1n) is 8.66. The molecule has 0 bridgehead atoms. The minimum Gasteiger partial charge on any atom is -0.381 e. The van der Waals surface area contributed by atoms with E-state index in [9.17, 15) is 4.79 Å². The first kappa shape index (κ1) is 15.8. The number of aromatic nitrogens is 2. The molecule has 25 heavy (non-hydrogen) atoms. The summed E-state index contributed by atoms with van der Waals surface area (Å²) < 4.78 is 5.35. The van der Waals surface area contributed by atoms with Crippen molar-refractivity contribution in [1.82, 2.24) is 15.3 Å². The van der Waals surface area contributed by atoms with Gasteiger partial charge in [0.25, 0.3) is 0 Å². The summed E-state index contributed by atoms with van der Waals surface area (Å²) in [6.45, 7) is 1.16. The molecule has 5 heteroatoms. The second-order valence-electron chi connectivity index (χ2n) is 6.45. The highest BCUT2D eigenvalue weighted by Gasteiger charge is 2.27. The van der Waals surface area contributed by atoms with Crippen LogP contribution in [0.5, 0.6) is 0 Å². The molecule has 2 atom stereocenters. The molecular formula is C20H21N3O2. The lowest BCUT2D eigenvalue weighted by Crippen LogP contribution is -2.35. The minimum atomic E-state index is -0.192. The summed E-state index contributed by atoms with van der Waals surface area (Å²) in [5.41, 5.74) is 3.05. The van der Waals surface area contributed by atoms with Crippen LogP contribution in [-0.2, 0) is 16.0 Å². The number of para-hydroxylation sites is 2. The van der Waals surface area contributed by atoms with E-state index >= 15 is 0 Å². The van der Waals surface area contributed by atoms with Crippen molar-refractivity contribution in [3.63, 3.8) is 0 Å². The van der Waals surface area contributed by atoms with Gasteiger partial charge in [-0.2, -0.15) is 0 Å². The first-order valence-corrected chi connectivity index (χ1v) is 8.66. The number of rotatable bonds is 5. The Hall–Kier alpha value is -2.66. The lowest BCUT2D eigenvalue weighted by atomic mass is 10.0. The normalized spacial score (nSPS) is 18.3. The Bertz CT molecular complexity index is 821. The molecule has 4 rings (SSSR count). The molecule has 0 spiro atoms. The van der Waals surface area contributed by atoms with E-state index < -0.39 is 0 Å². The van der Waals surface area contributed by atoms with Crippen molar-refractivity contribution < 1.29 is 9.53 Å². The Kier molecular flexibility index (Phi) is 4.48. The summed E-state index contributed by atoms with van der Waals surface area (Å²) in [6, 6.07) is 17.9. The Morgan fingerprint density at radius 2 is 2.00 bits per heavy atom. The average molecular weight is 335 g/mol. The molecule has 2 heterocycles. The van der Waals surface area contributed by atoms with Crippen LogP contribution in [0.3, 0.4) is 0 Å². The highest BCUT2D eigenvalue weighted by molar-refractivity contribution is 5.80. The number of hydrogen-bond acceptors (Lipinski definition) is 3. The number of H-pyrrole nitrogens is 1.